The molecule has 3 fully saturated rings. The Morgan fingerprint density at radius 1 is 1.04 bits per heavy atom. The summed E-state index contributed by atoms with van der Waals surface area (Å²) in [7, 11) is 1.68. The fourth-order valence-corrected chi connectivity index (χ4v) is 6.82. The van der Waals surface area contributed by atoms with Gasteiger partial charge in [0.2, 0.25) is 11.8 Å². The third-order valence-corrected chi connectivity index (χ3v) is 9.23. The van der Waals surface area contributed by atoms with Gasteiger partial charge < -0.3 is 24.8 Å². The van der Waals surface area contributed by atoms with Gasteiger partial charge in [0.25, 0.3) is 5.91 Å². The van der Waals surface area contributed by atoms with E-state index in [9.17, 15) is 27.6 Å². The van der Waals surface area contributed by atoms with Crippen molar-refractivity contribution in [1.29, 1.82) is 0 Å². The van der Waals surface area contributed by atoms with E-state index >= 15 is 0 Å². The summed E-state index contributed by atoms with van der Waals surface area (Å²) in [6.07, 6.45) is -2.38. The Kier molecular flexibility index (Phi) is 9.12. The average Bonchev–Trinajstić information content (AvgIpc) is 3.55. The van der Waals surface area contributed by atoms with Gasteiger partial charge in [-0.2, -0.15) is 13.2 Å². The van der Waals surface area contributed by atoms with E-state index in [0.717, 1.165) is 11.0 Å². The van der Waals surface area contributed by atoms with Crippen LogP contribution < -0.4 is 19.9 Å². The van der Waals surface area contributed by atoms with Gasteiger partial charge in [0, 0.05) is 56.9 Å². The van der Waals surface area contributed by atoms with Crippen molar-refractivity contribution in [1.82, 2.24) is 25.1 Å². The maximum absolute atomic E-state index is 14.0. The summed E-state index contributed by atoms with van der Waals surface area (Å²) in [6.45, 7) is 5.00. The molecule has 4 amide bonds. The van der Waals surface area contributed by atoms with E-state index in [0.29, 0.717) is 42.4 Å². The summed E-state index contributed by atoms with van der Waals surface area (Å²) in [6, 6.07) is 8.82. The molecular formula is C33H35ClF3N7O4. The fraction of sp³-hybridized carbons (Fsp3) is 0.424. The third kappa shape index (κ3) is 6.32. The van der Waals surface area contributed by atoms with Crippen molar-refractivity contribution in [3.63, 3.8) is 0 Å². The van der Waals surface area contributed by atoms with Crippen molar-refractivity contribution in [2.75, 3.05) is 49.6 Å². The van der Waals surface area contributed by atoms with Gasteiger partial charge >= 0.3 is 12.2 Å². The Labute approximate surface area is 280 Å². The second-order valence-corrected chi connectivity index (χ2v) is 12.5. The number of piperazine rings is 1. The number of urea groups is 1. The van der Waals surface area contributed by atoms with E-state index in [2.05, 4.69) is 10.3 Å². The number of amides is 4. The summed E-state index contributed by atoms with van der Waals surface area (Å²) in [5, 5.41) is 2.89. The van der Waals surface area contributed by atoms with Crippen LogP contribution in [0.3, 0.4) is 0 Å². The van der Waals surface area contributed by atoms with Crippen LogP contribution in [0, 0.1) is 0 Å². The lowest BCUT2D eigenvalue weighted by Crippen LogP contribution is -2.58. The molecule has 0 unspecified atom stereocenters. The number of anilines is 2. The van der Waals surface area contributed by atoms with Crippen molar-refractivity contribution in [2.45, 2.75) is 51.0 Å². The quantitative estimate of drug-likeness (QED) is 0.352. The van der Waals surface area contributed by atoms with E-state index in [4.69, 9.17) is 21.3 Å². The van der Waals surface area contributed by atoms with E-state index in [1.165, 1.54) is 12.1 Å². The average molecular weight is 686 g/mol. The number of rotatable bonds is 8. The number of alkyl halides is 3. The lowest BCUT2D eigenvalue weighted by Gasteiger charge is -2.44. The smallest absolute Gasteiger partial charge is 0.418 e. The molecule has 3 atom stereocenters. The number of nitrogens with zero attached hydrogens (tertiary/aromatic N) is 6. The van der Waals surface area contributed by atoms with Gasteiger partial charge in [0.1, 0.15) is 0 Å². The Balaban J connectivity index is 1.36. The standard InChI is InChI=1S/C33H35ClF3N7O4/c1-4-21-16-43-22(18-44(32(43)47)26-10-8-19(34)13-24(26)33(35,36)37)17-42(21)27-11-9-25(23-7-6-12-38-31(23)48-5-2)40-29(27)30(46)39-20-14-28(45)41(3)15-20/h6-13,20-22H,4-5,14-18H2,1-3H3,(H,39,46)/t20-,21+,22-/m0/s1. The maximum Gasteiger partial charge on any atom is 0.418 e. The van der Waals surface area contributed by atoms with Gasteiger partial charge in [-0.1, -0.05) is 18.5 Å². The number of ether oxygens (including phenoxy) is 1. The highest BCUT2D eigenvalue weighted by Crippen LogP contribution is 2.41. The SMILES string of the molecule is CCOc1ncccc1-c1ccc(N2C[C@H]3CN(c4ccc(Cl)cc4C(F)(F)F)C(=O)N3C[C@H]2CC)c(C(=O)N[C@H]2CC(=O)N(C)C2)n1. The first-order valence-electron chi connectivity index (χ1n) is 15.7. The van der Waals surface area contributed by atoms with E-state index in [1.807, 2.05) is 18.7 Å². The fourth-order valence-electron chi connectivity index (χ4n) is 6.65. The molecule has 11 nitrogen and oxygen atoms in total. The Morgan fingerprint density at radius 3 is 2.50 bits per heavy atom. The number of hydrogen-bond donors (Lipinski definition) is 1. The highest BCUT2D eigenvalue weighted by molar-refractivity contribution is 6.30. The summed E-state index contributed by atoms with van der Waals surface area (Å²) in [5.74, 6) is -0.190. The molecule has 15 heteroatoms. The molecule has 0 aliphatic carbocycles. The van der Waals surface area contributed by atoms with Crippen molar-refractivity contribution in [3.05, 3.63) is 64.9 Å². The van der Waals surface area contributed by atoms with Crippen molar-refractivity contribution >= 4 is 40.8 Å². The number of aromatic nitrogens is 2. The number of fused-ring (bicyclic) bond motifs is 1. The number of pyridine rings is 2. The summed E-state index contributed by atoms with van der Waals surface area (Å²) < 4.78 is 47.8. The first-order chi connectivity index (χ1) is 22.9. The first-order valence-corrected chi connectivity index (χ1v) is 16.1. The van der Waals surface area contributed by atoms with Crippen LogP contribution in [-0.2, 0) is 11.0 Å². The minimum atomic E-state index is -4.72. The zero-order valence-corrected chi connectivity index (χ0v) is 27.4. The van der Waals surface area contributed by atoms with Gasteiger partial charge in [-0.15, -0.1) is 0 Å². The van der Waals surface area contributed by atoms with Crippen LogP contribution >= 0.6 is 11.6 Å². The zero-order valence-electron chi connectivity index (χ0n) is 26.6. The van der Waals surface area contributed by atoms with Crippen molar-refractivity contribution < 1.29 is 32.3 Å². The number of carbonyl (C=O) groups is 3. The molecule has 1 N–H and O–H groups in total. The lowest BCUT2D eigenvalue weighted by atomic mass is 10.0. The topological polar surface area (TPSA) is 111 Å². The second kappa shape index (κ2) is 13.1. The summed E-state index contributed by atoms with van der Waals surface area (Å²) in [4.78, 5) is 55.3. The van der Waals surface area contributed by atoms with Crippen LogP contribution in [0.5, 0.6) is 5.88 Å². The van der Waals surface area contributed by atoms with Gasteiger partial charge in [-0.05, 0) is 55.8 Å². The molecule has 0 saturated carbocycles. The third-order valence-electron chi connectivity index (χ3n) is 9.00. The van der Waals surface area contributed by atoms with Crippen LogP contribution in [0.4, 0.5) is 29.3 Å². The number of likely N-dealkylation sites (tertiary alicyclic amines) is 1. The molecule has 6 rings (SSSR count). The largest absolute Gasteiger partial charge is 0.477 e. The lowest BCUT2D eigenvalue weighted by molar-refractivity contribution is -0.137. The molecule has 0 spiro atoms. The Hall–Kier alpha value is -4.59. The van der Waals surface area contributed by atoms with E-state index < -0.39 is 35.8 Å². The van der Waals surface area contributed by atoms with E-state index in [1.54, 1.807) is 47.3 Å². The summed E-state index contributed by atoms with van der Waals surface area (Å²) >= 11 is 5.91. The first kappa shape index (κ1) is 33.3. The molecule has 0 radical (unpaired) electrons. The Morgan fingerprint density at radius 2 is 1.81 bits per heavy atom. The number of likely N-dealkylation sites (N-methyl/N-ethyl adjacent to an activating group) is 1. The van der Waals surface area contributed by atoms with Crippen molar-refractivity contribution in [3.8, 4) is 17.1 Å². The number of halogens is 4. The molecule has 3 saturated heterocycles. The molecule has 5 heterocycles. The number of carbonyl (C=O) groups excluding carboxylic acids is 3. The molecule has 0 bridgehead atoms. The predicted molar refractivity (Wildman–Crippen MR) is 173 cm³/mol. The number of hydrogen-bond acceptors (Lipinski definition) is 7. The van der Waals surface area contributed by atoms with Gasteiger partial charge in [-0.25, -0.2) is 14.8 Å². The maximum atomic E-state index is 14.0. The molecule has 254 valence electrons. The van der Waals surface area contributed by atoms with Crippen LogP contribution in [0.15, 0.2) is 48.7 Å². The van der Waals surface area contributed by atoms with Crippen LogP contribution in [0.25, 0.3) is 11.3 Å². The number of nitrogens with one attached hydrogen (secondary N) is 1. The molecule has 48 heavy (non-hydrogen) atoms. The Bertz CT molecular complexity index is 1740. The summed E-state index contributed by atoms with van der Waals surface area (Å²) in [5.41, 5.74) is 0.435. The molecule has 1 aromatic carbocycles. The van der Waals surface area contributed by atoms with Crippen LogP contribution in [0.2, 0.25) is 5.02 Å². The van der Waals surface area contributed by atoms with Crippen LogP contribution in [0.1, 0.15) is 42.7 Å². The molecule has 2 aromatic heterocycles. The number of benzene rings is 1. The molecular weight excluding hydrogens is 651 g/mol. The van der Waals surface area contributed by atoms with Gasteiger partial charge in [0.05, 0.1) is 46.9 Å². The van der Waals surface area contributed by atoms with Crippen LogP contribution in [-0.4, -0.2) is 95.6 Å². The molecule has 3 aromatic rings. The van der Waals surface area contributed by atoms with Crippen molar-refractivity contribution in [2.24, 2.45) is 0 Å². The zero-order chi connectivity index (χ0) is 34.3. The molecule has 3 aliphatic rings. The molecule has 3 aliphatic heterocycles. The normalized spacial score (nSPS) is 21.2. The monoisotopic (exact) mass is 685 g/mol. The highest BCUT2D eigenvalue weighted by Gasteiger charge is 2.47. The second-order valence-electron chi connectivity index (χ2n) is 12.1. The minimum Gasteiger partial charge on any atom is -0.477 e. The predicted octanol–water partition coefficient (Wildman–Crippen LogP) is 5.08. The van der Waals surface area contributed by atoms with E-state index in [-0.39, 0.29) is 54.4 Å². The van der Waals surface area contributed by atoms with Gasteiger partial charge in [-0.3, -0.25) is 14.5 Å². The van der Waals surface area contributed by atoms with Gasteiger partial charge in [0.15, 0.2) is 5.69 Å². The minimum absolute atomic E-state index is 0.00738. The highest BCUT2D eigenvalue weighted by atomic mass is 35.5.